The molecule has 1 N–H and O–H groups in total. The Bertz CT molecular complexity index is 111. The van der Waals surface area contributed by atoms with Gasteiger partial charge in [-0.1, -0.05) is 27.3 Å². The van der Waals surface area contributed by atoms with Crippen molar-refractivity contribution in [2.75, 3.05) is 0 Å². The first-order valence-electron chi connectivity index (χ1n) is 3.80. The summed E-state index contributed by atoms with van der Waals surface area (Å²) in [7, 11) is -0.427. The molecule has 1 nitrogen and oxygen atoms in total. The van der Waals surface area contributed by atoms with Gasteiger partial charge in [0.2, 0.25) is 0 Å². The van der Waals surface area contributed by atoms with Crippen LogP contribution in [0.2, 0.25) is 12.6 Å². The maximum atomic E-state index is 3.60. The fourth-order valence-corrected chi connectivity index (χ4v) is 4.00. The molecule has 9 heavy (non-hydrogen) atoms. The molecule has 2 atom stereocenters. The molecule has 54 valence electrons. The van der Waals surface area contributed by atoms with Crippen molar-refractivity contribution < 1.29 is 0 Å². The van der Waals surface area contributed by atoms with Gasteiger partial charge in [-0.2, -0.15) is 0 Å². The van der Waals surface area contributed by atoms with Gasteiger partial charge in [-0.15, -0.1) is 0 Å². The molecule has 0 spiro atoms. The topological polar surface area (TPSA) is 12.0 Å². The molecule has 1 rings (SSSR count). The first-order valence-corrected chi connectivity index (χ1v) is 6.35. The largest absolute Gasteiger partial charge is 0.313 e. The van der Waals surface area contributed by atoms with Crippen LogP contribution in [-0.4, -0.2) is 20.0 Å². The molecule has 1 aliphatic heterocycles. The van der Waals surface area contributed by atoms with E-state index in [1.165, 1.54) is 6.04 Å². The summed E-state index contributed by atoms with van der Waals surface area (Å²) in [6.45, 7) is 9.43. The smallest absolute Gasteiger partial charge is 0.0583 e. The Morgan fingerprint density at radius 2 is 2.11 bits per heavy atom. The number of hydrogen-bond acceptors (Lipinski definition) is 1. The third-order valence-electron chi connectivity index (χ3n) is 2.56. The van der Waals surface area contributed by atoms with E-state index in [1.54, 1.807) is 0 Å². The van der Waals surface area contributed by atoms with Crippen molar-refractivity contribution in [1.82, 2.24) is 5.32 Å². The highest BCUT2D eigenvalue weighted by Gasteiger charge is 2.35. The van der Waals surface area contributed by atoms with Crippen molar-refractivity contribution in [2.45, 2.75) is 44.6 Å². The summed E-state index contributed by atoms with van der Waals surface area (Å²) < 4.78 is 0. The van der Waals surface area contributed by atoms with E-state index in [2.05, 4.69) is 32.6 Å². The Hall–Kier alpha value is 0.177. The summed E-state index contributed by atoms with van der Waals surface area (Å²) in [4.78, 5) is 0. The van der Waals surface area contributed by atoms with Crippen LogP contribution >= 0.6 is 0 Å². The van der Waals surface area contributed by atoms with Crippen LogP contribution in [0.5, 0.6) is 0 Å². The van der Waals surface area contributed by atoms with Crippen molar-refractivity contribution in [3.63, 3.8) is 0 Å². The zero-order valence-corrected chi connectivity index (χ0v) is 8.02. The van der Waals surface area contributed by atoms with Crippen molar-refractivity contribution in [2.24, 2.45) is 0 Å². The molecular formula is C7H17NSi. The standard InChI is InChI=1S/C7H17NSi/c1-6-5-9(4)7(2,3)8-6/h6,8-9H,5H2,1-4H3. The van der Waals surface area contributed by atoms with E-state index >= 15 is 0 Å². The number of nitrogens with one attached hydrogen (secondary N) is 1. The number of hydrogen-bond donors (Lipinski definition) is 1. The van der Waals surface area contributed by atoms with Crippen LogP contribution < -0.4 is 5.32 Å². The molecule has 1 fully saturated rings. The van der Waals surface area contributed by atoms with Crippen LogP contribution in [-0.2, 0) is 0 Å². The van der Waals surface area contributed by atoms with E-state index in [1.807, 2.05) is 0 Å². The summed E-state index contributed by atoms with van der Waals surface area (Å²) in [6.07, 6.45) is 0. The average Bonchev–Trinajstić information content (AvgIpc) is 1.79. The van der Waals surface area contributed by atoms with E-state index in [0.29, 0.717) is 5.16 Å². The van der Waals surface area contributed by atoms with Gasteiger partial charge in [0.25, 0.3) is 0 Å². The zero-order valence-electron chi connectivity index (χ0n) is 6.86. The monoisotopic (exact) mass is 143 g/mol. The highest BCUT2D eigenvalue weighted by Crippen LogP contribution is 2.21. The fraction of sp³-hybridized carbons (Fsp3) is 1.00. The normalized spacial score (nSPS) is 41.3. The minimum atomic E-state index is -0.427. The van der Waals surface area contributed by atoms with Crippen LogP contribution in [0.1, 0.15) is 20.8 Å². The second-order valence-electron chi connectivity index (χ2n) is 3.90. The molecule has 0 saturated carbocycles. The average molecular weight is 143 g/mol. The SMILES string of the molecule is CC1C[SiH](C)C(C)(C)N1. The third-order valence-corrected chi connectivity index (χ3v) is 6.60. The summed E-state index contributed by atoms with van der Waals surface area (Å²) in [6, 6.07) is 2.24. The summed E-state index contributed by atoms with van der Waals surface area (Å²) in [5.74, 6) is 0. The summed E-state index contributed by atoms with van der Waals surface area (Å²) >= 11 is 0. The van der Waals surface area contributed by atoms with Gasteiger partial charge in [0.1, 0.15) is 0 Å². The lowest BCUT2D eigenvalue weighted by molar-refractivity contribution is 0.507. The first kappa shape index (κ1) is 7.29. The number of rotatable bonds is 0. The van der Waals surface area contributed by atoms with Gasteiger partial charge >= 0.3 is 0 Å². The quantitative estimate of drug-likeness (QED) is 0.502. The molecule has 2 heteroatoms. The maximum Gasteiger partial charge on any atom is 0.0583 e. The lowest BCUT2D eigenvalue weighted by Gasteiger charge is -2.23. The minimum absolute atomic E-state index is 0.427. The zero-order chi connectivity index (χ0) is 7.07. The van der Waals surface area contributed by atoms with Gasteiger partial charge in [-0.05, 0) is 6.04 Å². The molecule has 0 amide bonds. The Kier molecular flexibility index (Phi) is 1.70. The van der Waals surface area contributed by atoms with E-state index in [4.69, 9.17) is 0 Å². The van der Waals surface area contributed by atoms with E-state index in [9.17, 15) is 0 Å². The lowest BCUT2D eigenvalue weighted by atomic mass is 10.3. The minimum Gasteiger partial charge on any atom is -0.313 e. The summed E-state index contributed by atoms with van der Waals surface area (Å²) in [5, 5.41) is 4.12. The van der Waals surface area contributed by atoms with Crippen molar-refractivity contribution in [3.8, 4) is 0 Å². The summed E-state index contributed by atoms with van der Waals surface area (Å²) in [5.41, 5.74) is 0. The highest BCUT2D eigenvalue weighted by atomic mass is 28.3. The van der Waals surface area contributed by atoms with Gasteiger partial charge in [0.05, 0.1) is 8.80 Å². The van der Waals surface area contributed by atoms with Crippen LogP contribution in [0.25, 0.3) is 0 Å². The molecule has 0 bridgehead atoms. The molecule has 1 aliphatic rings. The van der Waals surface area contributed by atoms with E-state index in [-0.39, 0.29) is 0 Å². The maximum absolute atomic E-state index is 3.60. The Balaban J connectivity index is 2.58. The molecular weight excluding hydrogens is 126 g/mol. The predicted molar refractivity (Wildman–Crippen MR) is 44.5 cm³/mol. The van der Waals surface area contributed by atoms with E-state index < -0.39 is 8.80 Å². The molecule has 0 radical (unpaired) electrons. The van der Waals surface area contributed by atoms with Crippen LogP contribution in [0.15, 0.2) is 0 Å². The molecule has 0 aromatic heterocycles. The van der Waals surface area contributed by atoms with Gasteiger partial charge < -0.3 is 5.32 Å². The molecule has 2 unspecified atom stereocenters. The van der Waals surface area contributed by atoms with Crippen LogP contribution in [0.3, 0.4) is 0 Å². The molecule has 0 aliphatic carbocycles. The molecule has 0 aromatic rings. The van der Waals surface area contributed by atoms with Gasteiger partial charge in [0.15, 0.2) is 0 Å². The van der Waals surface area contributed by atoms with Crippen molar-refractivity contribution >= 4 is 8.80 Å². The van der Waals surface area contributed by atoms with Gasteiger partial charge in [-0.25, -0.2) is 0 Å². The van der Waals surface area contributed by atoms with Gasteiger partial charge in [-0.3, -0.25) is 0 Å². The second kappa shape index (κ2) is 2.10. The lowest BCUT2D eigenvalue weighted by Crippen LogP contribution is -2.43. The Morgan fingerprint density at radius 3 is 2.22 bits per heavy atom. The van der Waals surface area contributed by atoms with Gasteiger partial charge in [0, 0.05) is 11.2 Å². The van der Waals surface area contributed by atoms with E-state index in [0.717, 1.165) is 6.04 Å². The third kappa shape index (κ3) is 1.35. The Morgan fingerprint density at radius 1 is 1.56 bits per heavy atom. The molecule has 0 aromatic carbocycles. The first-order chi connectivity index (χ1) is 4.02. The van der Waals surface area contributed by atoms with Crippen molar-refractivity contribution in [3.05, 3.63) is 0 Å². The fourth-order valence-electron chi connectivity index (χ4n) is 1.66. The Labute approximate surface area is 59.5 Å². The highest BCUT2D eigenvalue weighted by molar-refractivity contribution is 6.61. The van der Waals surface area contributed by atoms with Crippen LogP contribution in [0.4, 0.5) is 0 Å². The molecule has 1 saturated heterocycles. The predicted octanol–water partition coefficient (Wildman–Crippen LogP) is 1.15. The van der Waals surface area contributed by atoms with Crippen molar-refractivity contribution in [1.29, 1.82) is 0 Å². The van der Waals surface area contributed by atoms with Crippen LogP contribution in [0, 0.1) is 0 Å². The second-order valence-corrected chi connectivity index (χ2v) is 7.62. The molecule has 1 heterocycles.